The Morgan fingerprint density at radius 3 is 2.59 bits per heavy atom. The van der Waals surface area contributed by atoms with Crippen molar-refractivity contribution in [3.63, 3.8) is 0 Å². The van der Waals surface area contributed by atoms with Crippen LogP contribution in [0.15, 0.2) is 0 Å². The first kappa shape index (κ1) is 13.3. The third-order valence-corrected chi connectivity index (χ3v) is 4.61. The molecule has 0 radical (unpaired) electrons. The second-order valence-electron chi connectivity index (χ2n) is 5.96. The van der Waals surface area contributed by atoms with Crippen LogP contribution in [0.25, 0.3) is 0 Å². The predicted octanol–water partition coefficient (Wildman–Crippen LogP) is 3.84. The van der Waals surface area contributed by atoms with Gasteiger partial charge in [-0.1, -0.05) is 19.8 Å². The molecule has 2 fully saturated rings. The van der Waals surface area contributed by atoms with Crippen molar-refractivity contribution >= 4 is 0 Å². The van der Waals surface area contributed by atoms with Crippen molar-refractivity contribution < 1.29 is 8.78 Å². The number of halogens is 2. The zero-order chi connectivity index (χ0) is 12.3. The zero-order valence-corrected chi connectivity index (χ0v) is 10.9. The Labute approximate surface area is 103 Å². The third-order valence-electron chi connectivity index (χ3n) is 4.61. The van der Waals surface area contributed by atoms with Crippen molar-refractivity contribution in [1.82, 2.24) is 5.32 Å². The van der Waals surface area contributed by atoms with Crippen molar-refractivity contribution in [3.8, 4) is 0 Å². The number of nitrogens with one attached hydrogen (secondary N) is 1. The molecule has 2 aliphatic carbocycles. The highest BCUT2D eigenvalue weighted by Gasteiger charge is 2.41. The minimum atomic E-state index is -2.36. The maximum absolute atomic E-state index is 13.2. The normalized spacial score (nSPS) is 36.5. The van der Waals surface area contributed by atoms with E-state index < -0.39 is 5.92 Å². The Morgan fingerprint density at radius 1 is 1.18 bits per heavy atom. The van der Waals surface area contributed by atoms with Gasteiger partial charge in [0.15, 0.2) is 0 Å². The van der Waals surface area contributed by atoms with E-state index in [0.29, 0.717) is 5.92 Å². The summed E-state index contributed by atoms with van der Waals surface area (Å²) in [5.41, 5.74) is 0. The second kappa shape index (κ2) is 5.64. The summed E-state index contributed by atoms with van der Waals surface area (Å²) in [5.74, 6) is -0.630. The van der Waals surface area contributed by atoms with Gasteiger partial charge < -0.3 is 5.32 Å². The van der Waals surface area contributed by atoms with Gasteiger partial charge in [-0.05, 0) is 50.1 Å². The van der Waals surface area contributed by atoms with Crippen LogP contribution in [0.2, 0.25) is 0 Å². The van der Waals surface area contributed by atoms with Gasteiger partial charge in [-0.15, -0.1) is 0 Å². The van der Waals surface area contributed by atoms with Gasteiger partial charge in [0.1, 0.15) is 0 Å². The van der Waals surface area contributed by atoms with E-state index in [0.717, 1.165) is 31.8 Å². The van der Waals surface area contributed by atoms with Gasteiger partial charge in [0.05, 0.1) is 0 Å². The maximum atomic E-state index is 13.2. The lowest BCUT2D eigenvalue weighted by atomic mass is 9.86. The van der Waals surface area contributed by atoms with Crippen molar-refractivity contribution in [2.75, 3.05) is 13.1 Å². The van der Waals surface area contributed by atoms with E-state index >= 15 is 0 Å². The first-order chi connectivity index (χ1) is 8.11. The molecule has 17 heavy (non-hydrogen) atoms. The first-order valence-electron chi connectivity index (χ1n) is 7.19. The van der Waals surface area contributed by atoms with E-state index in [1.807, 2.05) is 0 Å². The summed E-state index contributed by atoms with van der Waals surface area (Å²) >= 11 is 0. The summed E-state index contributed by atoms with van der Waals surface area (Å²) in [5, 5.41) is 3.41. The monoisotopic (exact) mass is 245 g/mol. The van der Waals surface area contributed by atoms with Crippen LogP contribution in [0, 0.1) is 17.8 Å². The van der Waals surface area contributed by atoms with Gasteiger partial charge in [0.25, 0.3) is 0 Å². The molecule has 0 heterocycles. The van der Waals surface area contributed by atoms with Crippen LogP contribution in [0.5, 0.6) is 0 Å². The molecule has 0 aromatic rings. The van der Waals surface area contributed by atoms with Gasteiger partial charge in [-0.3, -0.25) is 0 Å². The average molecular weight is 245 g/mol. The first-order valence-corrected chi connectivity index (χ1v) is 7.19. The van der Waals surface area contributed by atoms with Crippen LogP contribution < -0.4 is 5.32 Å². The van der Waals surface area contributed by atoms with Crippen LogP contribution in [0.4, 0.5) is 8.78 Å². The molecular weight excluding hydrogens is 220 g/mol. The lowest BCUT2D eigenvalue weighted by Crippen LogP contribution is -2.26. The Bertz CT molecular complexity index is 242. The van der Waals surface area contributed by atoms with Crippen LogP contribution in [-0.2, 0) is 0 Å². The Hall–Kier alpha value is -0.180. The third kappa shape index (κ3) is 3.64. The molecule has 2 saturated carbocycles. The van der Waals surface area contributed by atoms with Crippen LogP contribution in [-0.4, -0.2) is 19.0 Å². The van der Waals surface area contributed by atoms with Crippen LogP contribution >= 0.6 is 0 Å². The SMILES string of the molecule is CCNCC1CCCC1CC1CCC(F)(F)C1. The molecule has 0 aromatic heterocycles. The lowest BCUT2D eigenvalue weighted by molar-refractivity contribution is 0.00379. The van der Waals surface area contributed by atoms with Gasteiger partial charge in [-0.25, -0.2) is 8.78 Å². The molecule has 0 spiro atoms. The molecule has 0 aliphatic heterocycles. The summed E-state index contributed by atoms with van der Waals surface area (Å²) in [4.78, 5) is 0. The summed E-state index contributed by atoms with van der Waals surface area (Å²) in [6.07, 6.45) is 5.92. The molecule has 3 heteroatoms. The fraction of sp³-hybridized carbons (Fsp3) is 1.00. The number of alkyl halides is 2. The molecule has 3 atom stereocenters. The van der Waals surface area contributed by atoms with E-state index in [4.69, 9.17) is 0 Å². The quantitative estimate of drug-likeness (QED) is 0.776. The number of hydrogen-bond acceptors (Lipinski definition) is 1. The Kier molecular flexibility index (Phi) is 4.40. The predicted molar refractivity (Wildman–Crippen MR) is 66.3 cm³/mol. The summed E-state index contributed by atoms with van der Waals surface area (Å²) < 4.78 is 26.3. The minimum absolute atomic E-state index is 0.127. The maximum Gasteiger partial charge on any atom is 0.248 e. The fourth-order valence-electron chi connectivity index (χ4n) is 3.69. The smallest absolute Gasteiger partial charge is 0.248 e. The molecule has 1 N–H and O–H groups in total. The summed E-state index contributed by atoms with van der Waals surface area (Å²) in [6, 6.07) is 0. The molecule has 1 nitrogen and oxygen atoms in total. The van der Waals surface area contributed by atoms with E-state index in [1.165, 1.54) is 19.3 Å². The van der Waals surface area contributed by atoms with Crippen molar-refractivity contribution in [1.29, 1.82) is 0 Å². The highest BCUT2D eigenvalue weighted by atomic mass is 19.3. The van der Waals surface area contributed by atoms with Gasteiger partial charge >= 0.3 is 0 Å². The van der Waals surface area contributed by atoms with Gasteiger partial charge in [-0.2, -0.15) is 0 Å². The molecule has 0 saturated heterocycles. The van der Waals surface area contributed by atoms with Crippen LogP contribution in [0.3, 0.4) is 0 Å². The van der Waals surface area contributed by atoms with Crippen molar-refractivity contribution in [2.24, 2.45) is 17.8 Å². The van der Waals surface area contributed by atoms with Crippen molar-refractivity contribution in [2.45, 2.75) is 57.8 Å². The standard InChI is InChI=1S/C14H25F2N/c1-2-17-10-13-5-3-4-12(13)8-11-6-7-14(15,16)9-11/h11-13,17H,2-10H2,1H3. The largest absolute Gasteiger partial charge is 0.317 e. The Morgan fingerprint density at radius 2 is 1.94 bits per heavy atom. The summed E-state index contributed by atoms with van der Waals surface area (Å²) in [6.45, 7) is 4.23. The molecule has 3 unspecified atom stereocenters. The molecule has 2 aliphatic rings. The zero-order valence-electron chi connectivity index (χ0n) is 10.9. The molecule has 2 rings (SSSR count). The van der Waals surface area contributed by atoms with E-state index in [2.05, 4.69) is 12.2 Å². The van der Waals surface area contributed by atoms with Crippen LogP contribution in [0.1, 0.15) is 51.9 Å². The molecular formula is C14H25F2N. The summed E-state index contributed by atoms with van der Waals surface area (Å²) in [7, 11) is 0. The highest BCUT2D eigenvalue weighted by Crippen LogP contribution is 2.45. The molecule has 0 bridgehead atoms. The Balaban J connectivity index is 1.78. The minimum Gasteiger partial charge on any atom is -0.317 e. The number of rotatable bonds is 5. The molecule has 0 amide bonds. The van der Waals surface area contributed by atoms with Gasteiger partial charge in [0, 0.05) is 12.8 Å². The second-order valence-corrected chi connectivity index (χ2v) is 5.96. The van der Waals surface area contributed by atoms with E-state index in [-0.39, 0.29) is 18.8 Å². The highest BCUT2D eigenvalue weighted by molar-refractivity contribution is 4.86. The van der Waals surface area contributed by atoms with Crippen molar-refractivity contribution in [3.05, 3.63) is 0 Å². The molecule has 100 valence electrons. The van der Waals surface area contributed by atoms with Gasteiger partial charge in [0.2, 0.25) is 5.92 Å². The lowest BCUT2D eigenvalue weighted by Gasteiger charge is -2.23. The van der Waals surface area contributed by atoms with E-state index in [9.17, 15) is 8.78 Å². The fourth-order valence-corrected chi connectivity index (χ4v) is 3.69. The topological polar surface area (TPSA) is 12.0 Å². The number of hydrogen-bond donors (Lipinski definition) is 1. The average Bonchev–Trinajstić information content (AvgIpc) is 2.83. The van der Waals surface area contributed by atoms with E-state index in [1.54, 1.807) is 0 Å². The molecule has 0 aromatic carbocycles.